The second kappa shape index (κ2) is 9.45. The van der Waals surface area contributed by atoms with E-state index in [0.29, 0.717) is 32.5 Å². The summed E-state index contributed by atoms with van der Waals surface area (Å²) in [6.45, 7) is 2.75. The number of alkyl halides is 3. The second-order valence-electron chi connectivity index (χ2n) is 8.44. The van der Waals surface area contributed by atoms with Crippen molar-refractivity contribution < 1.29 is 18.0 Å². The van der Waals surface area contributed by atoms with Gasteiger partial charge in [-0.3, -0.25) is 4.90 Å². The third-order valence-corrected chi connectivity index (χ3v) is 6.37. The molecule has 2 saturated heterocycles. The van der Waals surface area contributed by atoms with Gasteiger partial charge in [-0.2, -0.15) is 13.2 Å². The molecule has 0 aromatic rings. The number of hydrogen-bond donors (Lipinski definition) is 2. The van der Waals surface area contributed by atoms with Crippen LogP contribution in [0.15, 0.2) is 0 Å². The highest BCUT2D eigenvalue weighted by Crippen LogP contribution is 2.26. The highest BCUT2D eigenvalue weighted by atomic mass is 19.4. The lowest BCUT2D eigenvalue weighted by Crippen LogP contribution is -2.50. The molecule has 0 aromatic carbocycles. The number of likely N-dealkylation sites (tertiary alicyclic amines) is 2. The molecule has 1 aliphatic carbocycles. The summed E-state index contributed by atoms with van der Waals surface area (Å²) >= 11 is 0. The van der Waals surface area contributed by atoms with E-state index in [0.717, 1.165) is 32.0 Å². The van der Waals surface area contributed by atoms with E-state index in [-0.39, 0.29) is 18.0 Å². The van der Waals surface area contributed by atoms with Crippen molar-refractivity contribution >= 4 is 6.03 Å². The molecule has 27 heavy (non-hydrogen) atoms. The van der Waals surface area contributed by atoms with Crippen LogP contribution in [0.5, 0.6) is 0 Å². The first kappa shape index (κ1) is 20.7. The van der Waals surface area contributed by atoms with Gasteiger partial charge >= 0.3 is 12.2 Å². The molecule has 2 N–H and O–H groups in total. The van der Waals surface area contributed by atoms with Gasteiger partial charge in [-0.25, -0.2) is 4.79 Å². The molecule has 0 bridgehead atoms. The van der Waals surface area contributed by atoms with E-state index in [9.17, 15) is 18.0 Å². The lowest BCUT2D eigenvalue weighted by molar-refractivity contribution is -0.148. The number of nitrogens with one attached hydrogen (secondary N) is 2. The zero-order valence-corrected chi connectivity index (χ0v) is 16.1. The summed E-state index contributed by atoms with van der Waals surface area (Å²) in [4.78, 5) is 16.2. The van der Waals surface area contributed by atoms with Gasteiger partial charge in [0.2, 0.25) is 0 Å². The molecule has 0 unspecified atom stereocenters. The largest absolute Gasteiger partial charge is 0.401 e. The van der Waals surface area contributed by atoms with Crippen LogP contribution in [-0.2, 0) is 0 Å². The van der Waals surface area contributed by atoms with Crippen molar-refractivity contribution in [2.75, 3.05) is 39.3 Å². The number of carbonyl (C=O) groups excluding carboxylic acids is 1. The predicted octanol–water partition coefficient (Wildman–Crippen LogP) is 2.97. The number of amides is 2. The zero-order chi connectivity index (χ0) is 19.3. The molecule has 0 atom stereocenters. The Bertz CT molecular complexity index is 466. The molecular weight excluding hydrogens is 357 g/mol. The normalized spacial score (nSPS) is 25.0. The highest BCUT2D eigenvalue weighted by Gasteiger charge is 2.32. The molecule has 2 amide bonds. The predicted molar refractivity (Wildman–Crippen MR) is 98.6 cm³/mol. The summed E-state index contributed by atoms with van der Waals surface area (Å²) in [5.41, 5.74) is 0. The molecule has 8 heteroatoms. The van der Waals surface area contributed by atoms with Crippen LogP contribution in [-0.4, -0.2) is 73.4 Å². The summed E-state index contributed by atoms with van der Waals surface area (Å²) in [6, 6.07) is 0.853. The topological polar surface area (TPSA) is 47.6 Å². The van der Waals surface area contributed by atoms with Crippen LogP contribution >= 0.6 is 0 Å². The van der Waals surface area contributed by atoms with Gasteiger partial charge in [0.05, 0.1) is 6.54 Å². The minimum atomic E-state index is -4.13. The molecule has 0 radical (unpaired) electrons. The first-order chi connectivity index (χ1) is 12.9. The van der Waals surface area contributed by atoms with E-state index in [2.05, 4.69) is 15.5 Å². The van der Waals surface area contributed by atoms with Gasteiger partial charge < -0.3 is 15.5 Å². The molecule has 3 rings (SSSR count). The fourth-order valence-corrected chi connectivity index (χ4v) is 4.75. The van der Waals surface area contributed by atoms with Crippen molar-refractivity contribution in [2.45, 2.75) is 69.6 Å². The number of piperidine rings is 2. The van der Waals surface area contributed by atoms with Crippen molar-refractivity contribution in [1.29, 1.82) is 0 Å². The van der Waals surface area contributed by atoms with Crippen LogP contribution in [0.1, 0.15) is 51.4 Å². The molecule has 5 nitrogen and oxygen atoms in total. The third-order valence-electron chi connectivity index (χ3n) is 6.37. The van der Waals surface area contributed by atoms with Gasteiger partial charge in [-0.1, -0.05) is 12.8 Å². The maximum Gasteiger partial charge on any atom is 0.401 e. The Kier molecular flexibility index (Phi) is 7.25. The number of halogens is 3. The SMILES string of the molecule is O=C(NCC1CCN(CC(F)(F)F)CC1)NC1CCN(C2CCCC2)CC1. The average Bonchev–Trinajstić information content (AvgIpc) is 3.15. The van der Waals surface area contributed by atoms with E-state index in [1.54, 1.807) is 0 Å². The highest BCUT2D eigenvalue weighted by molar-refractivity contribution is 5.74. The lowest BCUT2D eigenvalue weighted by Gasteiger charge is -2.36. The summed E-state index contributed by atoms with van der Waals surface area (Å²) < 4.78 is 37.2. The van der Waals surface area contributed by atoms with E-state index in [4.69, 9.17) is 0 Å². The van der Waals surface area contributed by atoms with Crippen molar-refractivity contribution in [2.24, 2.45) is 5.92 Å². The van der Waals surface area contributed by atoms with E-state index >= 15 is 0 Å². The van der Waals surface area contributed by atoms with Gasteiger partial charge in [0.25, 0.3) is 0 Å². The van der Waals surface area contributed by atoms with Crippen molar-refractivity contribution in [3.8, 4) is 0 Å². The molecule has 0 spiro atoms. The molecule has 3 fully saturated rings. The third kappa shape index (κ3) is 6.82. The van der Waals surface area contributed by atoms with Crippen LogP contribution in [0.2, 0.25) is 0 Å². The van der Waals surface area contributed by atoms with Crippen LogP contribution in [0, 0.1) is 5.92 Å². The molecule has 1 saturated carbocycles. The summed E-state index contributed by atoms with van der Waals surface area (Å²) in [7, 11) is 0. The minimum absolute atomic E-state index is 0.132. The quantitative estimate of drug-likeness (QED) is 0.759. The van der Waals surface area contributed by atoms with Crippen molar-refractivity contribution in [3.05, 3.63) is 0 Å². The van der Waals surface area contributed by atoms with Crippen molar-refractivity contribution in [3.63, 3.8) is 0 Å². The molecule has 0 aromatic heterocycles. The monoisotopic (exact) mass is 390 g/mol. The first-order valence-corrected chi connectivity index (χ1v) is 10.5. The molecule has 2 heterocycles. The Balaban J connectivity index is 1.27. The number of hydrogen-bond acceptors (Lipinski definition) is 3. The Morgan fingerprint density at radius 3 is 2.15 bits per heavy atom. The Morgan fingerprint density at radius 2 is 1.56 bits per heavy atom. The number of nitrogens with zero attached hydrogens (tertiary/aromatic N) is 2. The minimum Gasteiger partial charge on any atom is -0.338 e. The van der Waals surface area contributed by atoms with Gasteiger partial charge in [0, 0.05) is 31.7 Å². The standard InChI is InChI=1S/C19H33F3N4O/c20-19(21,22)14-25-9-5-15(6-10-25)13-23-18(27)24-16-7-11-26(12-8-16)17-3-1-2-4-17/h15-17H,1-14H2,(H2,23,24,27). The molecule has 2 aliphatic heterocycles. The van der Waals surface area contributed by atoms with Crippen LogP contribution in [0.25, 0.3) is 0 Å². The summed E-state index contributed by atoms with van der Waals surface area (Å²) in [6.07, 6.45) is 4.62. The second-order valence-corrected chi connectivity index (χ2v) is 8.44. The lowest BCUT2D eigenvalue weighted by atomic mass is 9.97. The van der Waals surface area contributed by atoms with Crippen molar-refractivity contribution in [1.82, 2.24) is 20.4 Å². The Morgan fingerprint density at radius 1 is 0.926 bits per heavy atom. The van der Waals surface area contributed by atoms with Crippen LogP contribution in [0.3, 0.4) is 0 Å². The molecule has 156 valence electrons. The van der Waals surface area contributed by atoms with Gasteiger partial charge in [-0.15, -0.1) is 0 Å². The maximum absolute atomic E-state index is 12.4. The smallest absolute Gasteiger partial charge is 0.338 e. The Labute approximate surface area is 160 Å². The first-order valence-electron chi connectivity index (χ1n) is 10.5. The summed E-state index contributed by atoms with van der Waals surface area (Å²) in [5, 5.41) is 6.00. The van der Waals surface area contributed by atoms with Crippen LogP contribution < -0.4 is 10.6 Å². The van der Waals surface area contributed by atoms with Gasteiger partial charge in [0.1, 0.15) is 0 Å². The van der Waals surface area contributed by atoms with Gasteiger partial charge in [-0.05, 0) is 57.5 Å². The number of urea groups is 1. The molecule has 3 aliphatic rings. The zero-order valence-electron chi connectivity index (χ0n) is 16.1. The average molecular weight is 390 g/mol. The fourth-order valence-electron chi connectivity index (χ4n) is 4.75. The van der Waals surface area contributed by atoms with E-state index < -0.39 is 12.7 Å². The molecular formula is C19H33F3N4O. The van der Waals surface area contributed by atoms with Gasteiger partial charge in [0.15, 0.2) is 0 Å². The van der Waals surface area contributed by atoms with E-state index in [1.165, 1.54) is 30.6 Å². The van der Waals surface area contributed by atoms with E-state index in [1.807, 2.05) is 0 Å². The summed E-state index contributed by atoms with van der Waals surface area (Å²) in [5.74, 6) is 0.268. The number of rotatable bonds is 5. The van der Waals surface area contributed by atoms with Crippen LogP contribution in [0.4, 0.5) is 18.0 Å². The number of carbonyl (C=O) groups is 1. The fraction of sp³-hybridized carbons (Fsp3) is 0.947. The maximum atomic E-state index is 12.4. The Hall–Kier alpha value is -1.02.